The molecular weight excluding hydrogens is 280 g/mol. The maximum Gasteiger partial charge on any atom is 0.190 e. The van der Waals surface area contributed by atoms with Crippen molar-refractivity contribution in [1.82, 2.24) is 15.5 Å². The van der Waals surface area contributed by atoms with E-state index in [1.54, 1.807) is 0 Å². The van der Waals surface area contributed by atoms with E-state index < -0.39 is 0 Å². The molecule has 0 aromatic carbocycles. The van der Waals surface area contributed by atoms with Crippen LogP contribution in [-0.2, 0) is 6.42 Å². The number of nitrogens with one attached hydrogen (secondary N) is 2. The minimum absolute atomic E-state index is 0.611. The largest absolute Gasteiger partial charge is 0.356 e. The van der Waals surface area contributed by atoms with Crippen LogP contribution < -0.4 is 10.6 Å². The zero-order chi connectivity index (χ0) is 15.1. The van der Waals surface area contributed by atoms with Crippen LogP contribution in [-0.4, -0.2) is 51.1 Å². The fourth-order valence-corrected chi connectivity index (χ4v) is 3.64. The number of thiophene rings is 1. The summed E-state index contributed by atoms with van der Waals surface area (Å²) >= 11 is 1.84. The van der Waals surface area contributed by atoms with Crippen LogP contribution >= 0.6 is 11.3 Å². The second-order valence-corrected chi connectivity index (χ2v) is 7.17. The van der Waals surface area contributed by atoms with Gasteiger partial charge in [0.15, 0.2) is 5.96 Å². The van der Waals surface area contributed by atoms with Gasteiger partial charge in [-0.25, -0.2) is 0 Å². The fourth-order valence-electron chi connectivity index (χ4n) is 2.77. The summed E-state index contributed by atoms with van der Waals surface area (Å²) in [6, 6.07) is 4.34. The van der Waals surface area contributed by atoms with E-state index in [0.717, 1.165) is 31.4 Å². The Bertz CT molecular complexity index is 429. The monoisotopic (exact) mass is 308 g/mol. The summed E-state index contributed by atoms with van der Waals surface area (Å²) in [5.74, 6) is 2.29. The van der Waals surface area contributed by atoms with Crippen molar-refractivity contribution in [3.05, 3.63) is 22.4 Å². The summed E-state index contributed by atoms with van der Waals surface area (Å²) in [5, 5.41) is 9.06. The SMILES string of the molecule is CN=C(NCC(C)Cc1cccs1)NCC1CCN(C)C1. The van der Waals surface area contributed by atoms with E-state index in [1.165, 1.54) is 24.4 Å². The number of nitrogens with zero attached hydrogens (tertiary/aromatic N) is 2. The lowest BCUT2D eigenvalue weighted by Gasteiger charge is -2.17. The van der Waals surface area contributed by atoms with Gasteiger partial charge < -0.3 is 15.5 Å². The van der Waals surface area contributed by atoms with Crippen molar-refractivity contribution >= 4 is 17.3 Å². The van der Waals surface area contributed by atoms with Crippen LogP contribution in [0.5, 0.6) is 0 Å². The van der Waals surface area contributed by atoms with Crippen molar-refractivity contribution in [2.45, 2.75) is 19.8 Å². The van der Waals surface area contributed by atoms with Crippen molar-refractivity contribution in [1.29, 1.82) is 0 Å². The first-order valence-electron chi connectivity index (χ1n) is 7.82. The summed E-state index contributed by atoms with van der Waals surface area (Å²) < 4.78 is 0. The number of rotatable bonds is 6. The molecule has 0 amide bonds. The molecule has 1 saturated heterocycles. The van der Waals surface area contributed by atoms with Gasteiger partial charge in [-0.05, 0) is 49.7 Å². The molecule has 2 rings (SSSR count). The zero-order valence-corrected chi connectivity index (χ0v) is 14.2. The number of guanidine groups is 1. The number of aliphatic imine (C=N–C) groups is 1. The third-order valence-electron chi connectivity index (χ3n) is 4.02. The molecule has 21 heavy (non-hydrogen) atoms. The zero-order valence-electron chi connectivity index (χ0n) is 13.4. The van der Waals surface area contributed by atoms with Gasteiger partial charge >= 0.3 is 0 Å². The molecule has 2 heterocycles. The second-order valence-electron chi connectivity index (χ2n) is 6.14. The Hall–Kier alpha value is -1.07. The standard InChI is InChI=1S/C16H28N4S/c1-13(9-15-5-4-8-21-15)10-18-16(17-2)19-11-14-6-7-20(3)12-14/h4-5,8,13-14H,6-7,9-12H2,1-3H3,(H2,17,18,19). The molecule has 2 N–H and O–H groups in total. The molecule has 1 fully saturated rings. The van der Waals surface area contributed by atoms with Crippen molar-refractivity contribution in [3.63, 3.8) is 0 Å². The normalized spacial score (nSPS) is 21.5. The van der Waals surface area contributed by atoms with Crippen molar-refractivity contribution < 1.29 is 0 Å². The predicted octanol–water partition coefficient (Wildman–Crippen LogP) is 2.04. The predicted molar refractivity (Wildman–Crippen MR) is 92.2 cm³/mol. The Kier molecular flexibility index (Phi) is 6.51. The molecule has 1 aromatic rings. The van der Waals surface area contributed by atoms with Crippen molar-refractivity contribution in [2.75, 3.05) is 40.3 Å². The first-order valence-corrected chi connectivity index (χ1v) is 8.70. The van der Waals surface area contributed by atoms with Crippen LogP contribution in [0.1, 0.15) is 18.2 Å². The van der Waals surface area contributed by atoms with Gasteiger partial charge in [-0.1, -0.05) is 13.0 Å². The minimum atomic E-state index is 0.611. The number of hydrogen-bond donors (Lipinski definition) is 2. The lowest BCUT2D eigenvalue weighted by atomic mass is 10.1. The fraction of sp³-hybridized carbons (Fsp3) is 0.688. The maximum atomic E-state index is 4.32. The van der Waals surface area contributed by atoms with E-state index in [1.807, 2.05) is 18.4 Å². The number of hydrogen-bond acceptors (Lipinski definition) is 3. The summed E-state index contributed by atoms with van der Waals surface area (Å²) in [7, 11) is 4.04. The molecule has 4 nitrogen and oxygen atoms in total. The highest BCUT2D eigenvalue weighted by molar-refractivity contribution is 7.09. The van der Waals surface area contributed by atoms with Crippen LogP contribution in [0.15, 0.2) is 22.5 Å². The lowest BCUT2D eigenvalue weighted by molar-refractivity contribution is 0.393. The highest BCUT2D eigenvalue weighted by atomic mass is 32.1. The topological polar surface area (TPSA) is 39.7 Å². The maximum absolute atomic E-state index is 4.32. The minimum Gasteiger partial charge on any atom is -0.356 e. The van der Waals surface area contributed by atoms with Gasteiger partial charge in [0, 0.05) is 31.6 Å². The average molecular weight is 308 g/mol. The Morgan fingerprint density at radius 3 is 3.00 bits per heavy atom. The van der Waals surface area contributed by atoms with Gasteiger partial charge in [-0.15, -0.1) is 11.3 Å². The molecule has 1 aliphatic heterocycles. The Balaban J connectivity index is 1.65. The molecular formula is C16H28N4S. The third kappa shape index (κ3) is 5.67. The molecule has 0 aliphatic carbocycles. The van der Waals surface area contributed by atoms with Gasteiger partial charge in [0.05, 0.1) is 0 Å². The van der Waals surface area contributed by atoms with E-state index >= 15 is 0 Å². The Labute approximate surface area is 132 Å². The van der Waals surface area contributed by atoms with Gasteiger partial charge in [-0.3, -0.25) is 4.99 Å². The number of likely N-dealkylation sites (tertiary alicyclic amines) is 1. The van der Waals surface area contributed by atoms with E-state index in [0.29, 0.717) is 5.92 Å². The van der Waals surface area contributed by atoms with Crippen molar-refractivity contribution in [2.24, 2.45) is 16.8 Å². The average Bonchev–Trinajstić information content (AvgIpc) is 3.11. The molecule has 0 spiro atoms. The molecule has 0 radical (unpaired) electrons. The third-order valence-corrected chi connectivity index (χ3v) is 4.92. The molecule has 0 bridgehead atoms. The molecule has 5 heteroatoms. The van der Waals surface area contributed by atoms with Crippen LogP contribution in [0.3, 0.4) is 0 Å². The molecule has 0 saturated carbocycles. The first kappa shape index (κ1) is 16.3. The lowest BCUT2D eigenvalue weighted by Crippen LogP contribution is -2.42. The van der Waals surface area contributed by atoms with E-state index in [9.17, 15) is 0 Å². The highest BCUT2D eigenvalue weighted by Crippen LogP contribution is 2.14. The van der Waals surface area contributed by atoms with Crippen LogP contribution in [0.4, 0.5) is 0 Å². The van der Waals surface area contributed by atoms with Gasteiger partial charge in [0.2, 0.25) is 0 Å². The van der Waals surface area contributed by atoms with Crippen molar-refractivity contribution in [3.8, 4) is 0 Å². The van der Waals surface area contributed by atoms with Gasteiger partial charge in [0.1, 0.15) is 0 Å². The molecule has 118 valence electrons. The molecule has 1 aromatic heterocycles. The molecule has 2 unspecified atom stereocenters. The molecule has 1 aliphatic rings. The van der Waals surface area contributed by atoms with Crippen LogP contribution in [0, 0.1) is 11.8 Å². The second kappa shape index (κ2) is 8.39. The van der Waals surface area contributed by atoms with E-state index in [4.69, 9.17) is 0 Å². The van der Waals surface area contributed by atoms with E-state index in [-0.39, 0.29) is 0 Å². The van der Waals surface area contributed by atoms with E-state index in [2.05, 4.69) is 52.0 Å². The summed E-state index contributed by atoms with van der Waals surface area (Å²) in [4.78, 5) is 8.17. The molecule has 2 atom stereocenters. The van der Waals surface area contributed by atoms with Crippen LogP contribution in [0.2, 0.25) is 0 Å². The quantitative estimate of drug-likeness (QED) is 0.624. The first-order chi connectivity index (χ1) is 10.2. The van der Waals surface area contributed by atoms with Gasteiger partial charge in [0.25, 0.3) is 0 Å². The summed E-state index contributed by atoms with van der Waals surface area (Å²) in [6.45, 7) is 6.67. The smallest absolute Gasteiger partial charge is 0.190 e. The summed E-state index contributed by atoms with van der Waals surface area (Å²) in [5.41, 5.74) is 0. The highest BCUT2D eigenvalue weighted by Gasteiger charge is 2.19. The Morgan fingerprint density at radius 2 is 2.38 bits per heavy atom. The van der Waals surface area contributed by atoms with Gasteiger partial charge in [-0.2, -0.15) is 0 Å². The van der Waals surface area contributed by atoms with Crippen LogP contribution in [0.25, 0.3) is 0 Å². The Morgan fingerprint density at radius 1 is 1.52 bits per heavy atom. The summed E-state index contributed by atoms with van der Waals surface area (Å²) in [6.07, 6.45) is 2.42.